The molecule has 0 aliphatic carbocycles. The van der Waals surface area contributed by atoms with Crippen LogP contribution in [0.3, 0.4) is 0 Å². The lowest BCUT2D eigenvalue weighted by Gasteiger charge is -2.01. The molecular weight excluding hydrogens is 299 g/mol. The van der Waals surface area contributed by atoms with Gasteiger partial charge in [-0.3, -0.25) is 10.1 Å². The third-order valence-corrected chi connectivity index (χ3v) is 4.28. The number of hydrogen-bond donors (Lipinski definition) is 1. The minimum Gasteiger partial charge on any atom is -0.298 e. The molecule has 0 saturated heterocycles. The lowest BCUT2D eigenvalue weighted by atomic mass is 10.2. The first-order chi connectivity index (χ1) is 10.6. The van der Waals surface area contributed by atoms with E-state index in [0.29, 0.717) is 10.7 Å². The van der Waals surface area contributed by atoms with Gasteiger partial charge in [0.15, 0.2) is 5.13 Å². The molecule has 0 aliphatic heterocycles. The molecule has 1 amide bonds. The summed E-state index contributed by atoms with van der Waals surface area (Å²) in [6, 6.07) is 15.3. The van der Waals surface area contributed by atoms with Gasteiger partial charge in [0.1, 0.15) is 5.82 Å². The van der Waals surface area contributed by atoms with E-state index in [1.54, 1.807) is 0 Å². The van der Waals surface area contributed by atoms with Crippen LogP contribution in [-0.4, -0.2) is 10.9 Å². The van der Waals surface area contributed by atoms with Gasteiger partial charge in [-0.15, -0.1) is 0 Å². The van der Waals surface area contributed by atoms with Crippen molar-refractivity contribution in [3.05, 3.63) is 71.7 Å². The first-order valence-electron chi connectivity index (χ1n) is 6.73. The van der Waals surface area contributed by atoms with Crippen molar-refractivity contribution in [3.63, 3.8) is 0 Å². The SMILES string of the molecule is Cc1nc(NC(=O)c2ccc(F)cc2)sc1-c1ccccc1. The zero-order valence-electron chi connectivity index (χ0n) is 11.8. The molecule has 0 saturated carbocycles. The Morgan fingerprint density at radius 1 is 1.09 bits per heavy atom. The molecule has 5 heteroatoms. The quantitative estimate of drug-likeness (QED) is 0.773. The number of rotatable bonds is 3. The van der Waals surface area contributed by atoms with Crippen LogP contribution in [0.25, 0.3) is 10.4 Å². The fourth-order valence-electron chi connectivity index (χ4n) is 2.08. The monoisotopic (exact) mass is 312 g/mol. The summed E-state index contributed by atoms with van der Waals surface area (Å²) in [6.07, 6.45) is 0. The van der Waals surface area contributed by atoms with Gasteiger partial charge in [-0.25, -0.2) is 9.37 Å². The lowest BCUT2D eigenvalue weighted by Crippen LogP contribution is -2.11. The van der Waals surface area contributed by atoms with E-state index in [1.807, 2.05) is 37.3 Å². The second-order valence-electron chi connectivity index (χ2n) is 4.76. The highest BCUT2D eigenvalue weighted by Gasteiger charge is 2.13. The lowest BCUT2D eigenvalue weighted by molar-refractivity contribution is 0.102. The van der Waals surface area contributed by atoms with Crippen molar-refractivity contribution in [2.45, 2.75) is 6.92 Å². The summed E-state index contributed by atoms with van der Waals surface area (Å²) in [5.74, 6) is -0.665. The predicted octanol–water partition coefficient (Wildman–Crippen LogP) is 4.51. The Labute approximate surface area is 131 Å². The van der Waals surface area contributed by atoms with Crippen LogP contribution in [0.1, 0.15) is 16.1 Å². The summed E-state index contributed by atoms with van der Waals surface area (Å²) < 4.78 is 12.9. The normalized spacial score (nSPS) is 10.5. The molecule has 3 rings (SSSR count). The first-order valence-corrected chi connectivity index (χ1v) is 7.55. The van der Waals surface area contributed by atoms with E-state index in [0.717, 1.165) is 16.1 Å². The molecule has 0 aliphatic rings. The summed E-state index contributed by atoms with van der Waals surface area (Å²) in [7, 11) is 0. The van der Waals surface area contributed by atoms with E-state index in [4.69, 9.17) is 0 Å². The highest BCUT2D eigenvalue weighted by atomic mass is 32.1. The van der Waals surface area contributed by atoms with Crippen molar-refractivity contribution < 1.29 is 9.18 Å². The molecule has 110 valence electrons. The third-order valence-electron chi connectivity index (χ3n) is 3.16. The Bertz CT molecular complexity index is 797. The summed E-state index contributed by atoms with van der Waals surface area (Å²) in [6.45, 7) is 1.91. The second-order valence-corrected chi connectivity index (χ2v) is 5.76. The summed E-state index contributed by atoms with van der Waals surface area (Å²) in [5.41, 5.74) is 2.33. The maximum Gasteiger partial charge on any atom is 0.257 e. The van der Waals surface area contributed by atoms with Crippen LogP contribution in [0.4, 0.5) is 9.52 Å². The minimum atomic E-state index is -0.368. The van der Waals surface area contributed by atoms with E-state index >= 15 is 0 Å². The van der Waals surface area contributed by atoms with Crippen LogP contribution in [0.15, 0.2) is 54.6 Å². The number of aromatic nitrogens is 1. The maximum atomic E-state index is 12.9. The van der Waals surface area contributed by atoms with Gasteiger partial charge in [-0.05, 0) is 36.8 Å². The highest BCUT2D eigenvalue weighted by molar-refractivity contribution is 7.19. The number of carbonyl (C=O) groups is 1. The zero-order chi connectivity index (χ0) is 15.5. The number of benzene rings is 2. The highest BCUT2D eigenvalue weighted by Crippen LogP contribution is 2.32. The van der Waals surface area contributed by atoms with Gasteiger partial charge in [0, 0.05) is 5.56 Å². The largest absolute Gasteiger partial charge is 0.298 e. The number of amides is 1. The van der Waals surface area contributed by atoms with Crippen molar-refractivity contribution in [2.75, 3.05) is 5.32 Å². The van der Waals surface area contributed by atoms with Crippen LogP contribution in [0, 0.1) is 12.7 Å². The van der Waals surface area contributed by atoms with Crippen LogP contribution in [0.5, 0.6) is 0 Å². The molecule has 0 spiro atoms. The number of anilines is 1. The molecule has 0 fully saturated rings. The molecule has 1 aromatic heterocycles. The van der Waals surface area contributed by atoms with Crippen molar-refractivity contribution in [1.29, 1.82) is 0 Å². The van der Waals surface area contributed by atoms with Crippen molar-refractivity contribution in [3.8, 4) is 10.4 Å². The molecule has 0 unspecified atom stereocenters. The molecule has 1 N–H and O–H groups in total. The number of nitrogens with zero attached hydrogens (tertiary/aromatic N) is 1. The summed E-state index contributed by atoms with van der Waals surface area (Å²) >= 11 is 1.42. The van der Waals surface area contributed by atoms with Crippen molar-refractivity contribution in [2.24, 2.45) is 0 Å². The number of halogens is 1. The van der Waals surface area contributed by atoms with E-state index in [-0.39, 0.29) is 11.7 Å². The van der Waals surface area contributed by atoms with Crippen molar-refractivity contribution >= 4 is 22.4 Å². The smallest absolute Gasteiger partial charge is 0.257 e. The van der Waals surface area contributed by atoms with Crippen LogP contribution in [0.2, 0.25) is 0 Å². The molecule has 0 radical (unpaired) electrons. The third kappa shape index (κ3) is 3.04. The number of thiazole rings is 1. The fourth-order valence-corrected chi connectivity index (χ4v) is 3.04. The fraction of sp³-hybridized carbons (Fsp3) is 0.0588. The van der Waals surface area contributed by atoms with Crippen molar-refractivity contribution in [1.82, 2.24) is 4.98 Å². The molecule has 0 atom stereocenters. The van der Waals surface area contributed by atoms with E-state index in [2.05, 4.69) is 10.3 Å². The van der Waals surface area contributed by atoms with E-state index < -0.39 is 0 Å². The van der Waals surface area contributed by atoms with Gasteiger partial charge >= 0.3 is 0 Å². The van der Waals surface area contributed by atoms with Gasteiger partial charge < -0.3 is 0 Å². The second kappa shape index (κ2) is 6.07. The number of carbonyl (C=O) groups excluding carboxylic acids is 1. The van der Waals surface area contributed by atoms with Crippen LogP contribution < -0.4 is 5.32 Å². The van der Waals surface area contributed by atoms with Gasteiger partial charge in [-0.1, -0.05) is 41.7 Å². The molecule has 3 nitrogen and oxygen atoms in total. The Balaban J connectivity index is 1.82. The minimum absolute atomic E-state index is 0.298. The average Bonchev–Trinajstić information content (AvgIpc) is 2.89. The van der Waals surface area contributed by atoms with Gasteiger partial charge in [0.05, 0.1) is 10.6 Å². The van der Waals surface area contributed by atoms with Gasteiger partial charge in [0.2, 0.25) is 0 Å². The standard InChI is InChI=1S/C17H13FN2OS/c1-11-15(12-5-3-2-4-6-12)22-17(19-11)20-16(21)13-7-9-14(18)10-8-13/h2-10H,1H3,(H,19,20,21). The molecule has 3 aromatic rings. The number of aryl methyl sites for hydroxylation is 1. The molecule has 1 heterocycles. The Morgan fingerprint density at radius 3 is 2.45 bits per heavy atom. The first kappa shape index (κ1) is 14.4. The Kier molecular flexibility index (Phi) is 3.98. The van der Waals surface area contributed by atoms with Gasteiger partial charge in [0.25, 0.3) is 5.91 Å². The molecule has 2 aromatic carbocycles. The number of nitrogens with one attached hydrogen (secondary N) is 1. The van der Waals surface area contributed by atoms with Crippen LogP contribution >= 0.6 is 11.3 Å². The summed E-state index contributed by atoms with van der Waals surface area (Å²) in [5, 5.41) is 3.29. The summed E-state index contributed by atoms with van der Waals surface area (Å²) in [4.78, 5) is 17.5. The molecule has 0 bridgehead atoms. The zero-order valence-corrected chi connectivity index (χ0v) is 12.7. The maximum absolute atomic E-state index is 12.9. The van der Waals surface area contributed by atoms with E-state index in [1.165, 1.54) is 35.6 Å². The average molecular weight is 312 g/mol. The molecular formula is C17H13FN2OS. The topological polar surface area (TPSA) is 42.0 Å². The van der Waals surface area contributed by atoms with Gasteiger partial charge in [-0.2, -0.15) is 0 Å². The van der Waals surface area contributed by atoms with Crippen LogP contribution in [-0.2, 0) is 0 Å². The Morgan fingerprint density at radius 2 is 1.77 bits per heavy atom. The van der Waals surface area contributed by atoms with E-state index in [9.17, 15) is 9.18 Å². The predicted molar refractivity (Wildman–Crippen MR) is 86.6 cm³/mol. The Hall–Kier alpha value is -2.53. The molecule has 22 heavy (non-hydrogen) atoms. The number of hydrogen-bond acceptors (Lipinski definition) is 3.